The van der Waals surface area contributed by atoms with Gasteiger partial charge in [-0.25, -0.2) is 8.42 Å². The van der Waals surface area contributed by atoms with E-state index in [-0.39, 0.29) is 31.2 Å². The summed E-state index contributed by atoms with van der Waals surface area (Å²) in [4.78, 5) is 0.204. The Hall–Kier alpha value is -0.990. The molecule has 0 spiro atoms. The first-order valence-corrected chi connectivity index (χ1v) is 7.53. The van der Waals surface area contributed by atoms with Gasteiger partial charge in [0.1, 0.15) is 0 Å². The van der Waals surface area contributed by atoms with E-state index in [9.17, 15) is 13.5 Å². The lowest BCUT2D eigenvalue weighted by Crippen LogP contribution is -2.50. The summed E-state index contributed by atoms with van der Waals surface area (Å²) < 4.78 is 31.6. The Morgan fingerprint density at radius 3 is 2.95 bits per heavy atom. The quantitative estimate of drug-likeness (QED) is 0.780. The molecule has 3 N–H and O–H groups in total. The van der Waals surface area contributed by atoms with Crippen LogP contribution in [0.25, 0.3) is 0 Å². The van der Waals surface area contributed by atoms with Crippen LogP contribution >= 0.6 is 0 Å². The fraction of sp³-hybridized carbons (Fsp3) is 0.500. The van der Waals surface area contributed by atoms with Crippen LogP contribution in [0.1, 0.15) is 5.56 Å². The van der Waals surface area contributed by atoms with E-state index >= 15 is 0 Å². The van der Waals surface area contributed by atoms with Gasteiger partial charge in [-0.15, -0.1) is 0 Å². The molecule has 0 radical (unpaired) electrons. The number of ether oxygens (including phenoxy) is 1. The molecule has 0 amide bonds. The molecule has 0 saturated carbocycles. The third kappa shape index (κ3) is 2.96. The van der Waals surface area contributed by atoms with Crippen LogP contribution in [0.4, 0.5) is 0 Å². The fourth-order valence-corrected chi connectivity index (χ4v) is 3.72. The predicted molar refractivity (Wildman–Crippen MR) is 69.9 cm³/mol. The maximum atomic E-state index is 12.5. The van der Waals surface area contributed by atoms with Crippen molar-refractivity contribution >= 4 is 10.0 Å². The van der Waals surface area contributed by atoms with Crippen LogP contribution in [-0.2, 0) is 21.3 Å². The Kier molecular flexibility index (Phi) is 4.54. The van der Waals surface area contributed by atoms with Crippen molar-refractivity contribution in [3.05, 3.63) is 29.8 Å². The third-order valence-electron chi connectivity index (χ3n) is 3.13. The molecule has 1 saturated heterocycles. The molecule has 1 unspecified atom stereocenters. The van der Waals surface area contributed by atoms with Crippen LogP contribution in [0.3, 0.4) is 0 Å². The molecule has 1 aromatic rings. The first-order valence-electron chi connectivity index (χ1n) is 6.09. The van der Waals surface area contributed by atoms with Crippen LogP contribution in [0.15, 0.2) is 29.2 Å². The van der Waals surface area contributed by atoms with Crippen molar-refractivity contribution in [3.63, 3.8) is 0 Å². The van der Waals surface area contributed by atoms with Crippen LogP contribution in [0.5, 0.6) is 0 Å². The first-order chi connectivity index (χ1) is 9.09. The minimum atomic E-state index is -3.62. The van der Waals surface area contributed by atoms with E-state index in [0.717, 1.165) is 5.56 Å². The zero-order valence-corrected chi connectivity index (χ0v) is 11.3. The van der Waals surface area contributed by atoms with Gasteiger partial charge in [-0.3, -0.25) is 0 Å². The van der Waals surface area contributed by atoms with Crippen molar-refractivity contribution in [1.82, 2.24) is 4.31 Å². The number of benzene rings is 1. The second-order valence-electron chi connectivity index (χ2n) is 4.38. The van der Waals surface area contributed by atoms with Crippen molar-refractivity contribution in [2.45, 2.75) is 17.5 Å². The van der Waals surface area contributed by atoms with Gasteiger partial charge in [0.05, 0.1) is 30.8 Å². The Labute approximate surface area is 112 Å². The summed E-state index contributed by atoms with van der Waals surface area (Å²) >= 11 is 0. The van der Waals surface area contributed by atoms with Crippen LogP contribution in [0, 0.1) is 0 Å². The normalized spacial score (nSPS) is 21.5. The molecule has 1 aliphatic rings. The summed E-state index contributed by atoms with van der Waals surface area (Å²) in [6.45, 7) is 0.838. The number of hydrogen-bond acceptors (Lipinski definition) is 5. The molecule has 1 fully saturated rings. The Morgan fingerprint density at radius 2 is 2.26 bits per heavy atom. The molecular formula is C12H18N2O4S. The molecule has 2 rings (SSSR count). The highest BCUT2D eigenvalue weighted by Crippen LogP contribution is 2.21. The molecule has 1 atom stereocenters. The first kappa shape index (κ1) is 14.4. The van der Waals surface area contributed by atoms with Crippen molar-refractivity contribution in [3.8, 4) is 0 Å². The van der Waals surface area contributed by atoms with Crippen LogP contribution in [-0.4, -0.2) is 50.2 Å². The van der Waals surface area contributed by atoms with Gasteiger partial charge in [-0.1, -0.05) is 12.1 Å². The van der Waals surface area contributed by atoms with E-state index < -0.39 is 16.1 Å². The standard InChI is InChI=1S/C12H18N2O4S/c13-7-10-2-1-3-12(6-10)19(16,17)14-4-5-18-9-11(14)8-15/h1-3,6,11,15H,4-5,7-9,13H2. The lowest BCUT2D eigenvalue weighted by atomic mass is 10.2. The summed E-state index contributed by atoms with van der Waals surface area (Å²) in [5, 5.41) is 9.27. The largest absolute Gasteiger partial charge is 0.395 e. The number of nitrogens with two attached hydrogens (primary N) is 1. The molecule has 1 aromatic carbocycles. The summed E-state index contributed by atoms with van der Waals surface area (Å²) in [5.41, 5.74) is 6.28. The fourth-order valence-electron chi connectivity index (χ4n) is 2.07. The zero-order chi connectivity index (χ0) is 13.9. The second kappa shape index (κ2) is 5.98. The zero-order valence-electron chi connectivity index (χ0n) is 10.5. The number of hydrogen-bond donors (Lipinski definition) is 2. The molecule has 1 aliphatic heterocycles. The highest BCUT2D eigenvalue weighted by atomic mass is 32.2. The van der Waals surface area contributed by atoms with E-state index in [2.05, 4.69) is 0 Å². The number of sulfonamides is 1. The molecule has 6 nitrogen and oxygen atoms in total. The number of aliphatic hydroxyl groups excluding tert-OH is 1. The van der Waals surface area contributed by atoms with E-state index in [4.69, 9.17) is 10.5 Å². The minimum absolute atomic E-state index is 0.204. The molecular weight excluding hydrogens is 268 g/mol. The van der Waals surface area contributed by atoms with Gasteiger partial charge in [0, 0.05) is 13.1 Å². The average Bonchev–Trinajstić information content (AvgIpc) is 2.47. The molecule has 7 heteroatoms. The van der Waals surface area contributed by atoms with Gasteiger partial charge in [0.2, 0.25) is 10.0 Å². The lowest BCUT2D eigenvalue weighted by Gasteiger charge is -2.33. The lowest BCUT2D eigenvalue weighted by molar-refractivity contribution is 0.0109. The Morgan fingerprint density at radius 1 is 1.47 bits per heavy atom. The molecule has 19 heavy (non-hydrogen) atoms. The molecule has 1 heterocycles. The number of aliphatic hydroxyl groups is 1. The van der Waals surface area contributed by atoms with Gasteiger partial charge in [-0.2, -0.15) is 4.31 Å². The van der Waals surface area contributed by atoms with Gasteiger partial charge < -0.3 is 15.6 Å². The number of morpholine rings is 1. The predicted octanol–water partition coefficient (Wildman–Crippen LogP) is -0.473. The highest BCUT2D eigenvalue weighted by molar-refractivity contribution is 7.89. The summed E-state index contributed by atoms with van der Waals surface area (Å²) in [7, 11) is -3.62. The van der Waals surface area contributed by atoms with Crippen molar-refractivity contribution < 1.29 is 18.3 Å². The van der Waals surface area contributed by atoms with Gasteiger partial charge in [0.15, 0.2) is 0 Å². The second-order valence-corrected chi connectivity index (χ2v) is 6.27. The molecule has 0 aliphatic carbocycles. The maximum Gasteiger partial charge on any atom is 0.243 e. The monoisotopic (exact) mass is 286 g/mol. The topological polar surface area (TPSA) is 92.9 Å². The summed E-state index contributed by atoms with van der Waals surface area (Å²) in [6.07, 6.45) is 0. The maximum absolute atomic E-state index is 12.5. The van der Waals surface area contributed by atoms with E-state index in [0.29, 0.717) is 6.61 Å². The molecule has 0 aromatic heterocycles. The van der Waals surface area contributed by atoms with E-state index in [1.165, 1.54) is 4.31 Å². The average molecular weight is 286 g/mol. The molecule has 0 bridgehead atoms. The van der Waals surface area contributed by atoms with E-state index in [1.54, 1.807) is 24.3 Å². The number of nitrogens with zero attached hydrogens (tertiary/aromatic N) is 1. The SMILES string of the molecule is NCc1cccc(S(=O)(=O)N2CCOCC2CO)c1. The van der Waals surface area contributed by atoms with Crippen molar-refractivity contribution in [2.75, 3.05) is 26.4 Å². The van der Waals surface area contributed by atoms with Gasteiger partial charge in [-0.05, 0) is 17.7 Å². The molecule has 106 valence electrons. The van der Waals surface area contributed by atoms with Crippen LogP contribution < -0.4 is 5.73 Å². The van der Waals surface area contributed by atoms with Gasteiger partial charge >= 0.3 is 0 Å². The van der Waals surface area contributed by atoms with E-state index in [1.807, 2.05) is 0 Å². The van der Waals surface area contributed by atoms with Gasteiger partial charge in [0.25, 0.3) is 0 Å². The number of rotatable bonds is 4. The smallest absolute Gasteiger partial charge is 0.243 e. The van der Waals surface area contributed by atoms with Crippen molar-refractivity contribution in [1.29, 1.82) is 0 Å². The Bertz CT molecular complexity index is 532. The summed E-state index contributed by atoms with van der Waals surface area (Å²) in [6, 6.07) is 6.03. The third-order valence-corrected chi connectivity index (χ3v) is 5.07. The minimum Gasteiger partial charge on any atom is -0.395 e. The van der Waals surface area contributed by atoms with Crippen molar-refractivity contribution in [2.24, 2.45) is 5.73 Å². The Balaban J connectivity index is 2.34. The van der Waals surface area contributed by atoms with Crippen LogP contribution in [0.2, 0.25) is 0 Å². The highest BCUT2D eigenvalue weighted by Gasteiger charge is 2.33. The summed E-state index contributed by atoms with van der Waals surface area (Å²) in [5.74, 6) is 0.